The summed E-state index contributed by atoms with van der Waals surface area (Å²) in [6, 6.07) is 5.41. The topological polar surface area (TPSA) is 55.6 Å². The van der Waals surface area contributed by atoms with Gasteiger partial charge in [0.1, 0.15) is 5.75 Å². The van der Waals surface area contributed by atoms with Crippen LogP contribution in [-0.2, 0) is 4.79 Å². The monoisotopic (exact) mass is 234 g/mol. The number of rotatable bonds is 3. The first-order valence-corrected chi connectivity index (χ1v) is 5.90. The third-order valence-electron chi connectivity index (χ3n) is 2.86. The van der Waals surface area contributed by atoms with Gasteiger partial charge in [-0.25, -0.2) is 0 Å². The SMILES string of the molecule is CC(C)CCN1C(=O)COc2cc(N)ccc21. The van der Waals surface area contributed by atoms with E-state index in [1.807, 2.05) is 6.07 Å². The summed E-state index contributed by atoms with van der Waals surface area (Å²) in [6.45, 7) is 5.13. The maximum Gasteiger partial charge on any atom is 0.265 e. The zero-order valence-corrected chi connectivity index (χ0v) is 10.3. The van der Waals surface area contributed by atoms with Gasteiger partial charge in [-0.15, -0.1) is 0 Å². The van der Waals surface area contributed by atoms with E-state index in [2.05, 4.69) is 13.8 Å². The van der Waals surface area contributed by atoms with Gasteiger partial charge < -0.3 is 15.4 Å². The van der Waals surface area contributed by atoms with Crippen LogP contribution in [0.15, 0.2) is 18.2 Å². The fourth-order valence-corrected chi connectivity index (χ4v) is 1.85. The molecule has 0 saturated carbocycles. The van der Waals surface area contributed by atoms with Crippen molar-refractivity contribution in [2.75, 3.05) is 23.8 Å². The molecule has 2 rings (SSSR count). The van der Waals surface area contributed by atoms with Gasteiger partial charge in [-0.05, 0) is 24.5 Å². The highest BCUT2D eigenvalue weighted by Gasteiger charge is 2.25. The number of nitrogens with two attached hydrogens (primary N) is 1. The van der Waals surface area contributed by atoms with Crippen molar-refractivity contribution in [1.29, 1.82) is 0 Å². The first kappa shape index (κ1) is 11.8. The standard InChI is InChI=1S/C13H18N2O2/c1-9(2)5-6-15-11-4-3-10(14)7-12(11)17-8-13(15)16/h3-4,7,9H,5-6,8,14H2,1-2H3. The van der Waals surface area contributed by atoms with Crippen LogP contribution in [0, 0.1) is 5.92 Å². The second-order valence-corrected chi connectivity index (χ2v) is 4.74. The average Bonchev–Trinajstić information content (AvgIpc) is 2.27. The van der Waals surface area contributed by atoms with Crippen molar-refractivity contribution < 1.29 is 9.53 Å². The van der Waals surface area contributed by atoms with E-state index in [-0.39, 0.29) is 12.5 Å². The first-order valence-electron chi connectivity index (χ1n) is 5.90. The van der Waals surface area contributed by atoms with E-state index in [1.165, 1.54) is 0 Å². The van der Waals surface area contributed by atoms with Crippen LogP contribution >= 0.6 is 0 Å². The van der Waals surface area contributed by atoms with Crippen LogP contribution in [0.25, 0.3) is 0 Å². The molecule has 0 aliphatic carbocycles. The lowest BCUT2D eigenvalue weighted by molar-refractivity contribution is -0.121. The maximum atomic E-state index is 11.8. The van der Waals surface area contributed by atoms with Crippen LogP contribution in [0.5, 0.6) is 5.75 Å². The molecule has 4 nitrogen and oxygen atoms in total. The molecule has 1 aliphatic rings. The number of ether oxygens (including phenoxy) is 1. The van der Waals surface area contributed by atoms with Crippen molar-refractivity contribution in [3.63, 3.8) is 0 Å². The van der Waals surface area contributed by atoms with Gasteiger partial charge in [0.15, 0.2) is 6.61 Å². The Morgan fingerprint density at radius 3 is 2.94 bits per heavy atom. The zero-order chi connectivity index (χ0) is 12.4. The van der Waals surface area contributed by atoms with E-state index in [9.17, 15) is 4.79 Å². The summed E-state index contributed by atoms with van der Waals surface area (Å²) in [5.41, 5.74) is 7.18. The molecule has 0 atom stereocenters. The van der Waals surface area contributed by atoms with E-state index in [0.717, 1.165) is 18.7 Å². The Balaban J connectivity index is 2.24. The van der Waals surface area contributed by atoms with E-state index in [1.54, 1.807) is 17.0 Å². The molecule has 17 heavy (non-hydrogen) atoms. The van der Waals surface area contributed by atoms with Gasteiger partial charge in [0.2, 0.25) is 0 Å². The molecule has 1 amide bonds. The Morgan fingerprint density at radius 1 is 1.47 bits per heavy atom. The minimum atomic E-state index is 0.0166. The Labute approximate surface area is 101 Å². The molecule has 1 aromatic rings. The molecular formula is C13H18N2O2. The lowest BCUT2D eigenvalue weighted by atomic mass is 10.1. The highest BCUT2D eigenvalue weighted by molar-refractivity contribution is 5.98. The molecule has 0 aromatic heterocycles. The number of amides is 1. The van der Waals surface area contributed by atoms with Crippen molar-refractivity contribution in [2.45, 2.75) is 20.3 Å². The number of carbonyl (C=O) groups is 1. The molecule has 1 heterocycles. The number of anilines is 2. The first-order chi connectivity index (χ1) is 8.08. The molecule has 1 aromatic carbocycles. The van der Waals surface area contributed by atoms with Crippen LogP contribution in [0.1, 0.15) is 20.3 Å². The van der Waals surface area contributed by atoms with E-state index >= 15 is 0 Å². The summed E-state index contributed by atoms with van der Waals surface area (Å²) in [5, 5.41) is 0. The summed E-state index contributed by atoms with van der Waals surface area (Å²) in [7, 11) is 0. The minimum absolute atomic E-state index is 0.0166. The highest BCUT2D eigenvalue weighted by atomic mass is 16.5. The quantitative estimate of drug-likeness (QED) is 0.814. The van der Waals surface area contributed by atoms with Crippen molar-refractivity contribution in [1.82, 2.24) is 0 Å². The lowest BCUT2D eigenvalue weighted by Gasteiger charge is -2.30. The number of fused-ring (bicyclic) bond motifs is 1. The lowest BCUT2D eigenvalue weighted by Crippen LogP contribution is -2.39. The molecular weight excluding hydrogens is 216 g/mol. The number of nitrogens with zero attached hydrogens (tertiary/aromatic N) is 1. The number of nitrogen functional groups attached to an aromatic ring is 1. The number of carbonyl (C=O) groups excluding carboxylic acids is 1. The predicted octanol–water partition coefficient (Wildman–Crippen LogP) is 2.04. The zero-order valence-electron chi connectivity index (χ0n) is 10.3. The second kappa shape index (κ2) is 4.65. The summed E-state index contributed by atoms with van der Waals surface area (Å²) in [5.74, 6) is 1.29. The molecule has 4 heteroatoms. The van der Waals surface area contributed by atoms with Crippen molar-refractivity contribution in [3.8, 4) is 5.75 Å². The molecule has 0 saturated heterocycles. The van der Waals surface area contributed by atoms with Crippen molar-refractivity contribution >= 4 is 17.3 Å². The molecule has 92 valence electrons. The van der Waals surface area contributed by atoms with Gasteiger partial charge in [-0.2, -0.15) is 0 Å². The molecule has 0 unspecified atom stereocenters. The maximum absolute atomic E-state index is 11.8. The number of hydrogen-bond donors (Lipinski definition) is 1. The smallest absolute Gasteiger partial charge is 0.265 e. The van der Waals surface area contributed by atoms with Crippen LogP contribution in [0.3, 0.4) is 0 Å². The van der Waals surface area contributed by atoms with Crippen molar-refractivity contribution in [2.24, 2.45) is 5.92 Å². The molecule has 2 N–H and O–H groups in total. The fraction of sp³-hybridized carbons (Fsp3) is 0.462. The van der Waals surface area contributed by atoms with E-state index in [4.69, 9.17) is 10.5 Å². The summed E-state index contributed by atoms with van der Waals surface area (Å²) >= 11 is 0. The van der Waals surface area contributed by atoms with E-state index in [0.29, 0.717) is 17.4 Å². The summed E-state index contributed by atoms with van der Waals surface area (Å²) in [6.07, 6.45) is 0.982. The molecule has 0 fully saturated rings. The van der Waals surface area contributed by atoms with Crippen LogP contribution in [0.2, 0.25) is 0 Å². The Hall–Kier alpha value is -1.71. The van der Waals surface area contributed by atoms with Crippen LogP contribution in [-0.4, -0.2) is 19.1 Å². The fourth-order valence-electron chi connectivity index (χ4n) is 1.85. The molecule has 0 spiro atoms. The second-order valence-electron chi connectivity index (χ2n) is 4.74. The molecule has 1 aliphatic heterocycles. The number of benzene rings is 1. The summed E-state index contributed by atoms with van der Waals surface area (Å²) < 4.78 is 5.38. The molecule has 0 bridgehead atoms. The van der Waals surface area contributed by atoms with Gasteiger partial charge in [-0.1, -0.05) is 13.8 Å². The Bertz CT molecular complexity index is 429. The Morgan fingerprint density at radius 2 is 2.24 bits per heavy atom. The number of hydrogen-bond acceptors (Lipinski definition) is 3. The van der Waals surface area contributed by atoms with Crippen molar-refractivity contribution in [3.05, 3.63) is 18.2 Å². The summed E-state index contributed by atoms with van der Waals surface area (Å²) in [4.78, 5) is 13.6. The van der Waals surface area contributed by atoms with Gasteiger partial charge in [-0.3, -0.25) is 4.79 Å². The van der Waals surface area contributed by atoms with Gasteiger partial charge in [0.05, 0.1) is 5.69 Å². The third-order valence-corrected chi connectivity index (χ3v) is 2.86. The largest absolute Gasteiger partial charge is 0.481 e. The van der Waals surface area contributed by atoms with Crippen LogP contribution < -0.4 is 15.4 Å². The van der Waals surface area contributed by atoms with Crippen LogP contribution in [0.4, 0.5) is 11.4 Å². The Kier molecular flexibility index (Phi) is 3.22. The average molecular weight is 234 g/mol. The van der Waals surface area contributed by atoms with E-state index < -0.39 is 0 Å². The predicted molar refractivity (Wildman–Crippen MR) is 68.2 cm³/mol. The minimum Gasteiger partial charge on any atom is -0.481 e. The highest BCUT2D eigenvalue weighted by Crippen LogP contribution is 2.33. The van der Waals surface area contributed by atoms with Gasteiger partial charge in [0.25, 0.3) is 5.91 Å². The molecule has 0 radical (unpaired) electrons. The normalized spacial score (nSPS) is 14.8. The third kappa shape index (κ3) is 2.52. The van der Waals surface area contributed by atoms with Gasteiger partial charge >= 0.3 is 0 Å². The van der Waals surface area contributed by atoms with Gasteiger partial charge in [0, 0.05) is 18.3 Å².